The molecule has 1 atom stereocenters. The first-order valence-electron chi connectivity index (χ1n) is 9.10. The Bertz CT molecular complexity index is 952. The fraction of sp³-hybridized carbons (Fsp3) is 0.444. The van der Waals surface area contributed by atoms with Crippen LogP contribution in [0, 0.1) is 6.92 Å². The minimum atomic E-state index is -0.117. The molecule has 2 amide bonds. The number of hydrogen-bond donors (Lipinski definition) is 2. The van der Waals surface area contributed by atoms with Gasteiger partial charge in [-0.05, 0) is 37.7 Å². The van der Waals surface area contributed by atoms with Crippen molar-refractivity contribution in [2.75, 3.05) is 24.2 Å². The van der Waals surface area contributed by atoms with Crippen LogP contribution in [0.25, 0.3) is 11.1 Å². The van der Waals surface area contributed by atoms with E-state index < -0.39 is 0 Å². The number of fused-ring (bicyclic) bond motifs is 1. The molecule has 9 heteroatoms. The van der Waals surface area contributed by atoms with Crippen molar-refractivity contribution in [3.05, 3.63) is 29.8 Å². The molecule has 0 saturated carbocycles. The van der Waals surface area contributed by atoms with E-state index in [0.717, 1.165) is 42.3 Å². The summed E-state index contributed by atoms with van der Waals surface area (Å²) in [6.07, 6.45) is 1.92. The van der Waals surface area contributed by atoms with E-state index >= 15 is 0 Å². The highest BCUT2D eigenvalue weighted by Crippen LogP contribution is 2.27. The molecule has 27 heavy (non-hydrogen) atoms. The molecule has 0 aliphatic carbocycles. The van der Waals surface area contributed by atoms with Crippen molar-refractivity contribution in [1.82, 2.24) is 25.1 Å². The topological polar surface area (TPSA) is 99.9 Å². The van der Waals surface area contributed by atoms with E-state index in [4.69, 9.17) is 4.42 Å². The van der Waals surface area contributed by atoms with Gasteiger partial charge in [-0.25, -0.2) is 14.8 Å². The van der Waals surface area contributed by atoms with Gasteiger partial charge in [0.1, 0.15) is 11.3 Å². The Morgan fingerprint density at radius 2 is 2.33 bits per heavy atom. The number of hydrogen-bond acceptors (Lipinski definition) is 6. The molecule has 3 aromatic rings. The first-order valence-corrected chi connectivity index (χ1v) is 10.1. The fourth-order valence-corrected chi connectivity index (χ4v) is 3.84. The monoisotopic (exact) mass is 386 g/mol. The maximum Gasteiger partial charge on any atom is 0.321 e. The van der Waals surface area contributed by atoms with Crippen molar-refractivity contribution in [3.63, 3.8) is 0 Å². The number of rotatable bonds is 4. The molecule has 4 rings (SSSR count). The summed E-state index contributed by atoms with van der Waals surface area (Å²) >= 11 is 1.56. The lowest BCUT2D eigenvalue weighted by Crippen LogP contribution is -2.41. The molecular weight excluding hydrogens is 364 g/mol. The predicted molar refractivity (Wildman–Crippen MR) is 104 cm³/mol. The molecule has 1 aliphatic heterocycles. The van der Waals surface area contributed by atoms with E-state index in [9.17, 15) is 4.79 Å². The number of nitrogens with one attached hydrogen (secondary N) is 2. The lowest BCUT2D eigenvalue weighted by molar-refractivity contribution is 0.191. The van der Waals surface area contributed by atoms with Crippen molar-refractivity contribution in [3.8, 4) is 0 Å². The summed E-state index contributed by atoms with van der Waals surface area (Å²) in [6, 6.07) is 5.42. The van der Waals surface area contributed by atoms with Crippen LogP contribution < -0.4 is 5.32 Å². The van der Waals surface area contributed by atoms with Gasteiger partial charge in [-0.1, -0.05) is 18.7 Å². The van der Waals surface area contributed by atoms with Gasteiger partial charge in [-0.15, -0.1) is 0 Å². The average molecular weight is 386 g/mol. The number of carbonyl (C=O) groups is 1. The SMILES string of the molecule is CCSc1nc2ccc(NC(=O)N3CCC[C@H](c4n[nH]c(C)n4)C3)cc2o1. The van der Waals surface area contributed by atoms with Crippen LogP contribution >= 0.6 is 11.8 Å². The average Bonchev–Trinajstić information content (AvgIpc) is 3.27. The predicted octanol–water partition coefficient (Wildman–Crippen LogP) is 3.78. The van der Waals surface area contributed by atoms with E-state index in [1.54, 1.807) is 11.8 Å². The smallest absolute Gasteiger partial charge is 0.321 e. The fourth-order valence-electron chi connectivity index (χ4n) is 3.28. The van der Waals surface area contributed by atoms with Gasteiger partial charge in [0.25, 0.3) is 5.22 Å². The summed E-state index contributed by atoms with van der Waals surface area (Å²) in [7, 11) is 0. The van der Waals surface area contributed by atoms with Gasteiger partial charge in [-0.2, -0.15) is 5.10 Å². The lowest BCUT2D eigenvalue weighted by Gasteiger charge is -2.31. The molecule has 0 radical (unpaired) electrons. The van der Waals surface area contributed by atoms with Gasteiger partial charge in [0.05, 0.1) is 0 Å². The van der Waals surface area contributed by atoms with Crippen LogP contribution in [0.15, 0.2) is 27.8 Å². The molecule has 8 nitrogen and oxygen atoms in total. The number of thioether (sulfide) groups is 1. The summed E-state index contributed by atoms with van der Waals surface area (Å²) in [6.45, 7) is 5.28. The molecule has 2 aromatic heterocycles. The number of oxazole rings is 1. The number of aromatic amines is 1. The van der Waals surface area contributed by atoms with Gasteiger partial charge in [0.2, 0.25) is 0 Å². The summed E-state index contributed by atoms with van der Waals surface area (Å²) < 4.78 is 5.72. The Hall–Kier alpha value is -2.55. The van der Waals surface area contributed by atoms with Crippen molar-refractivity contribution in [1.29, 1.82) is 0 Å². The molecule has 1 saturated heterocycles. The number of piperidine rings is 1. The standard InChI is InChI=1S/C18H22N6O2S/c1-3-27-18-21-14-7-6-13(9-15(14)26-18)20-17(25)24-8-4-5-12(10-24)16-19-11(2)22-23-16/h6-7,9,12H,3-5,8,10H2,1-2H3,(H,20,25)(H,19,22,23)/t12-/m0/s1. The summed E-state index contributed by atoms with van der Waals surface area (Å²) in [5, 5.41) is 10.7. The van der Waals surface area contributed by atoms with Gasteiger partial charge < -0.3 is 14.6 Å². The molecule has 3 heterocycles. The zero-order valence-electron chi connectivity index (χ0n) is 15.4. The highest BCUT2D eigenvalue weighted by atomic mass is 32.2. The Balaban J connectivity index is 1.44. The second kappa shape index (κ2) is 7.59. The molecule has 1 aliphatic rings. The second-order valence-corrected chi connectivity index (χ2v) is 7.80. The normalized spacial score (nSPS) is 17.4. The molecule has 1 fully saturated rings. The highest BCUT2D eigenvalue weighted by molar-refractivity contribution is 7.99. The Kier molecular flexibility index (Phi) is 5.02. The van der Waals surface area contributed by atoms with E-state index in [1.165, 1.54) is 0 Å². The minimum absolute atomic E-state index is 0.117. The quantitative estimate of drug-likeness (QED) is 0.662. The van der Waals surface area contributed by atoms with E-state index in [0.29, 0.717) is 23.0 Å². The number of urea groups is 1. The maximum absolute atomic E-state index is 12.7. The van der Waals surface area contributed by atoms with E-state index in [-0.39, 0.29) is 11.9 Å². The lowest BCUT2D eigenvalue weighted by atomic mass is 9.98. The van der Waals surface area contributed by atoms with Crippen molar-refractivity contribution < 1.29 is 9.21 Å². The Morgan fingerprint density at radius 3 is 3.11 bits per heavy atom. The molecule has 142 valence electrons. The Morgan fingerprint density at radius 1 is 1.44 bits per heavy atom. The van der Waals surface area contributed by atoms with Crippen molar-refractivity contribution in [2.45, 2.75) is 37.8 Å². The van der Waals surface area contributed by atoms with Crippen LogP contribution in [-0.2, 0) is 0 Å². The van der Waals surface area contributed by atoms with Crippen LogP contribution in [0.5, 0.6) is 0 Å². The molecule has 0 spiro atoms. The van der Waals surface area contributed by atoms with Crippen LogP contribution in [-0.4, -0.2) is 49.9 Å². The minimum Gasteiger partial charge on any atom is -0.431 e. The molecule has 0 unspecified atom stereocenters. The Labute approximate surface area is 161 Å². The van der Waals surface area contributed by atoms with Crippen molar-refractivity contribution in [2.24, 2.45) is 0 Å². The zero-order chi connectivity index (χ0) is 18.8. The maximum atomic E-state index is 12.7. The van der Waals surface area contributed by atoms with Gasteiger partial charge in [0.15, 0.2) is 11.4 Å². The van der Waals surface area contributed by atoms with Crippen LogP contribution in [0.4, 0.5) is 10.5 Å². The number of aryl methyl sites for hydroxylation is 1. The second-order valence-electron chi connectivity index (χ2n) is 6.59. The number of benzene rings is 1. The zero-order valence-corrected chi connectivity index (χ0v) is 16.2. The first-order chi connectivity index (χ1) is 13.1. The van der Waals surface area contributed by atoms with Crippen molar-refractivity contribution >= 4 is 34.6 Å². The van der Waals surface area contributed by atoms with Gasteiger partial charge in [0, 0.05) is 30.8 Å². The molecule has 1 aromatic carbocycles. The van der Waals surface area contributed by atoms with Gasteiger partial charge >= 0.3 is 6.03 Å². The molecular formula is C18H22N6O2S. The number of nitrogens with zero attached hydrogens (tertiary/aromatic N) is 4. The van der Waals surface area contributed by atoms with Gasteiger partial charge in [-0.3, -0.25) is 5.10 Å². The third kappa shape index (κ3) is 3.92. The molecule has 0 bridgehead atoms. The molecule has 2 N–H and O–H groups in total. The summed E-state index contributed by atoms with van der Waals surface area (Å²) in [4.78, 5) is 23.4. The van der Waals surface area contributed by atoms with Crippen LogP contribution in [0.2, 0.25) is 0 Å². The summed E-state index contributed by atoms with van der Waals surface area (Å²) in [5.41, 5.74) is 2.17. The van der Waals surface area contributed by atoms with E-state index in [1.807, 2.05) is 30.0 Å². The number of amides is 2. The first kappa shape index (κ1) is 17.8. The third-order valence-electron chi connectivity index (χ3n) is 4.58. The van der Waals surface area contributed by atoms with Crippen LogP contribution in [0.1, 0.15) is 37.3 Å². The van der Waals surface area contributed by atoms with Crippen LogP contribution in [0.3, 0.4) is 0 Å². The van der Waals surface area contributed by atoms with E-state index in [2.05, 4.69) is 32.4 Å². The number of likely N-dealkylation sites (tertiary alicyclic amines) is 1. The largest absolute Gasteiger partial charge is 0.431 e. The third-order valence-corrected chi connectivity index (χ3v) is 5.29. The number of carbonyl (C=O) groups excluding carboxylic acids is 1. The number of anilines is 1. The number of aromatic nitrogens is 4. The number of H-pyrrole nitrogens is 1. The highest BCUT2D eigenvalue weighted by Gasteiger charge is 2.27. The summed E-state index contributed by atoms with van der Waals surface area (Å²) in [5.74, 6) is 2.65.